The van der Waals surface area contributed by atoms with E-state index < -0.39 is 12.1 Å². The Morgan fingerprint density at radius 1 is 1.35 bits per heavy atom. The number of primary amides is 1. The Morgan fingerprint density at radius 2 is 2.05 bits per heavy atom. The van der Waals surface area contributed by atoms with E-state index >= 15 is 0 Å². The zero-order valence-corrected chi connectivity index (χ0v) is 11.7. The van der Waals surface area contributed by atoms with Gasteiger partial charge in [0.15, 0.2) is 0 Å². The molecule has 0 heterocycles. The first-order chi connectivity index (χ1) is 9.50. The van der Waals surface area contributed by atoms with Crippen molar-refractivity contribution in [3.8, 4) is 0 Å². The number of hydrogen-bond donors (Lipinski definition) is 3. The molecule has 0 aliphatic heterocycles. The van der Waals surface area contributed by atoms with Gasteiger partial charge in [-0.25, -0.2) is 4.79 Å². The molecule has 0 saturated carbocycles. The predicted molar refractivity (Wildman–Crippen MR) is 77.9 cm³/mol. The van der Waals surface area contributed by atoms with Crippen LogP contribution in [0, 0.1) is 5.41 Å². The Bertz CT molecular complexity index is 528. The lowest BCUT2D eigenvalue weighted by molar-refractivity contribution is 0.204. The lowest BCUT2D eigenvalue weighted by Gasteiger charge is -2.26. The quantitative estimate of drug-likeness (QED) is 0.581. The minimum Gasteiger partial charge on any atom is -0.394 e. The van der Waals surface area contributed by atoms with Crippen molar-refractivity contribution in [2.45, 2.75) is 44.6 Å². The topological polar surface area (TPSA) is 102 Å². The van der Waals surface area contributed by atoms with Gasteiger partial charge in [0, 0.05) is 5.92 Å². The fraction of sp³-hybridized carbons (Fsp3) is 0.467. The summed E-state index contributed by atoms with van der Waals surface area (Å²) in [5.41, 5.74) is 14.8. The maximum absolute atomic E-state index is 10.7. The van der Waals surface area contributed by atoms with Gasteiger partial charge >= 0.3 is 6.09 Å². The number of nitrogens with one attached hydrogen (secondary N) is 1. The predicted octanol–water partition coefficient (Wildman–Crippen LogP) is 2.07. The van der Waals surface area contributed by atoms with Gasteiger partial charge in [0.1, 0.15) is 0 Å². The van der Waals surface area contributed by atoms with Gasteiger partial charge in [-0.15, -0.1) is 0 Å². The summed E-state index contributed by atoms with van der Waals surface area (Å²) in [6, 6.07) is 5.56. The van der Waals surface area contributed by atoms with Gasteiger partial charge < -0.3 is 16.2 Å². The second-order valence-corrected chi connectivity index (χ2v) is 5.29. The molecule has 1 aliphatic carbocycles. The average Bonchev–Trinajstić information content (AvgIpc) is 2.44. The van der Waals surface area contributed by atoms with E-state index in [1.807, 2.05) is 19.1 Å². The highest BCUT2D eigenvalue weighted by atomic mass is 16.6. The molecule has 0 aromatic heterocycles. The van der Waals surface area contributed by atoms with E-state index in [4.69, 9.17) is 16.9 Å². The summed E-state index contributed by atoms with van der Waals surface area (Å²) in [5, 5.41) is 7.70. The van der Waals surface area contributed by atoms with E-state index in [1.165, 1.54) is 24.0 Å². The standard InChI is InChI=1S/C15H21N3O2/c1-9(13(16)14(17)20-15(18)19)11-8-4-6-10-5-2-3-7-12(10)11/h4,6,8-9,13,17H,2-3,5,7,16H2,1H3,(H2,18,19)/t9-,13?/m1/s1. The van der Waals surface area contributed by atoms with Crippen LogP contribution in [0.5, 0.6) is 0 Å². The molecule has 1 aromatic rings. The molecule has 5 N–H and O–H groups in total. The number of rotatable bonds is 3. The average molecular weight is 275 g/mol. The normalized spacial score (nSPS) is 16.9. The molecule has 0 spiro atoms. The van der Waals surface area contributed by atoms with Crippen LogP contribution in [-0.2, 0) is 17.6 Å². The summed E-state index contributed by atoms with van der Waals surface area (Å²) >= 11 is 0. The zero-order valence-electron chi connectivity index (χ0n) is 11.7. The van der Waals surface area contributed by atoms with Crippen molar-refractivity contribution in [3.63, 3.8) is 0 Å². The first kappa shape index (κ1) is 14.5. The van der Waals surface area contributed by atoms with Crippen LogP contribution in [0.15, 0.2) is 18.2 Å². The highest BCUT2D eigenvalue weighted by molar-refractivity contribution is 5.89. The van der Waals surface area contributed by atoms with Crippen molar-refractivity contribution >= 4 is 12.0 Å². The van der Waals surface area contributed by atoms with Gasteiger partial charge in [0.25, 0.3) is 0 Å². The van der Waals surface area contributed by atoms with Crippen molar-refractivity contribution in [1.82, 2.24) is 0 Å². The van der Waals surface area contributed by atoms with Gasteiger partial charge in [-0.1, -0.05) is 25.1 Å². The fourth-order valence-corrected chi connectivity index (χ4v) is 2.83. The van der Waals surface area contributed by atoms with E-state index in [1.54, 1.807) is 0 Å². The molecule has 108 valence electrons. The maximum atomic E-state index is 10.7. The van der Waals surface area contributed by atoms with Gasteiger partial charge in [-0.05, 0) is 42.4 Å². The molecule has 5 nitrogen and oxygen atoms in total. The second-order valence-electron chi connectivity index (χ2n) is 5.29. The first-order valence-electron chi connectivity index (χ1n) is 6.92. The number of hydrogen-bond acceptors (Lipinski definition) is 4. The van der Waals surface area contributed by atoms with Crippen LogP contribution in [0.25, 0.3) is 0 Å². The van der Waals surface area contributed by atoms with Crippen molar-refractivity contribution in [1.29, 1.82) is 5.41 Å². The summed E-state index contributed by atoms with van der Waals surface area (Å²) in [5.74, 6) is -0.367. The van der Waals surface area contributed by atoms with Crippen molar-refractivity contribution < 1.29 is 9.53 Å². The van der Waals surface area contributed by atoms with Crippen molar-refractivity contribution in [2.24, 2.45) is 11.5 Å². The van der Waals surface area contributed by atoms with E-state index in [2.05, 4.69) is 10.8 Å². The van der Waals surface area contributed by atoms with Gasteiger partial charge in [0.05, 0.1) is 6.04 Å². The third-order valence-electron chi connectivity index (χ3n) is 3.97. The Balaban J connectivity index is 2.22. The minimum absolute atomic E-state index is 0.0881. The van der Waals surface area contributed by atoms with Crippen LogP contribution in [-0.4, -0.2) is 18.0 Å². The molecule has 20 heavy (non-hydrogen) atoms. The van der Waals surface area contributed by atoms with Gasteiger partial charge in [-0.3, -0.25) is 5.41 Å². The summed E-state index contributed by atoms with van der Waals surface area (Å²) in [6.45, 7) is 1.95. The molecule has 0 radical (unpaired) electrons. The van der Waals surface area contributed by atoms with Crippen molar-refractivity contribution in [3.05, 3.63) is 34.9 Å². The van der Waals surface area contributed by atoms with Crippen LogP contribution in [0.4, 0.5) is 4.79 Å². The highest BCUT2D eigenvalue weighted by Gasteiger charge is 2.25. The molecule has 0 saturated heterocycles. The fourth-order valence-electron chi connectivity index (χ4n) is 2.83. The molecule has 1 unspecified atom stereocenters. The second kappa shape index (κ2) is 6.05. The third kappa shape index (κ3) is 2.99. The number of carbonyl (C=O) groups is 1. The lowest BCUT2D eigenvalue weighted by Crippen LogP contribution is -2.39. The number of fused-ring (bicyclic) bond motifs is 1. The Hall–Kier alpha value is -1.88. The summed E-state index contributed by atoms with van der Waals surface area (Å²) in [4.78, 5) is 10.7. The van der Waals surface area contributed by atoms with Crippen LogP contribution in [0.1, 0.15) is 42.4 Å². The van der Waals surface area contributed by atoms with E-state index in [0.717, 1.165) is 18.4 Å². The number of amides is 1. The molecule has 5 heteroatoms. The summed E-state index contributed by atoms with van der Waals surface area (Å²) < 4.78 is 4.60. The summed E-state index contributed by atoms with van der Waals surface area (Å²) in [7, 11) is 0. The molecular weight excluding hydrogens is 254 g/mol. The van der Waals surface area contributed by atoms with Gasteiger partial charge in [-0.2, -0.15) is 0 Å². The SMILES string of the molecule is C[C@H](c1cccc2c1CCCC2)C(N)C(=N)OC(N)=O. The third-order valence-corrected chi connectivity index (χ3v) is 3.97. The molecular formula is C15H21N3O2. The highest BCUT2D eigenvalue weighted by Crippen LogP contribution is 2.30. The molecule has 0 bridgehead atoms. The molecule has 1 amide bonds. The van der Waals surface area contributed by atoms with E-state index in [9.17, 15) is 4.79 Å². The number of aryl methyl sites for hydroxylation is 1. The lowest BCUT2D eigenvalue weighted by atomic mass is 9.82. The Kier molecular flexibility index (Phi) is 4.39. The summed E-state index contributed by atoms with van der Waals surface area (Å²) in [6.07, 6.45) is 3.55. The van der Waals surface area contributed by atoms with Crippen LogP contribution in [0.2, 0.25) is 0 Å². The number of benzene rings is 1. The molecule has 2 rings (SSSR count). The first-order valence-corrected chi connectivity index (χ1v) is 6.92. The largest absolute Gasteiger partial charge is 0.411 e. The number of carbonyl (C=O) groups excluding carboxylic acids is 1. The van der Waals surface area contributed by atoms with Crippen molar-refractivity contribution in [2.75, 3.05) is 0 Å². The number of ether oxygens (including phenoxy) is 1. The number of nitrogens with two attached hydrogens (primary N) is 2. The maximum Gasteiger partial charge on any atom is 0.411 e. The Labute approximate surface area is 118 Å². The Morgan fingerprint density at radius 3 is 2.75 bits per heavy atom. The van der Waals surface area contributed by atoms with E-state index in [-0.39, 0.29) is 11.8 Å². The zero-order chi connectivity index (χ0) is 14.7. The van der Waals surface area contributed by atoms with E-state index in [0.29, 0.717) is 0 Å². The smallest absolute Gasteiger partial charge is 0.394 e. The van der Waals surface area contributed by atoms with Crippen LogP contribution in [0.3, 0.4) is 0 Å². The minimum atomic E-state index is -0.993. The van der Waals surface area contributed by atoms with Gasteiger partial charge in [0.2, 0.25) is 5.90 Å². The van der Waals surface area contributed by atoms with Crippen LogP contribution >= 0.6 is 0 Å². The molecule has 1 aliphatic rings. The molecule has 0 fully saturated rings. The molecule has 1 aromatic carbocycles. The molecule has 2 atom stereocenters. The monoisotopic (exact) mass is 275 g/mol. The van der Waals surface area contributed by atoms with Crippen LogP contribution < -0.4 is 11.5 Å².